The minimum atomic E-state index is -1.01. The number of hydrogen-bond acceptors (Lipinski definition) is 5. The first-order valence-electron chi connectivity index (χ1n) is 6.14. The molecule has 1 aromatic rings. The third-order valence-electron chi connectivity index (χ3n) is 2.38. The summed E-state index contributed by atoms with van der Waals surface area (Å²) < 4.78 is 10.7. The second-order valence-corrected chi connectivity index (χ2v) is 6.20. The third-order valence-corrected chi connectivity index (χ3v) is 2.85. The van der Waals surface area contributed by atoms with E-state index in [1.807, 2.05) is 0 Å². The molecule has 1 atom stereocenters. The van der Waals surface area contributed by atoms with Gasteiger partial charge in [-0.2, -0.15) is 0 Å². The van der Waals surface area contributed by atoms with Gasteiger partial charge < -0.3 is 9.47 Å². The van der Waals surface area contributed by atoms with Crippen molar-refractivity contribution < 1.29 is 19.1 Å². The number of nitrogens with zero attached hydrogens (tertiary/aromatic N) is 1. The highest BCUT2D eigenvalue weighted by Gasteiger charge is 2.32. The highest BCUT2D eigenvalue weighted by Crippen LogP contribution is 2.17. The molecule has 0 aliphatic rings. The summed E-state index contributed by atoms with van der Waals surface area (Å²) >= 11 is 3.28. The van der Waals surface area contributed by atoms with Gasteiger partial charge in [0.1, 0.15) is 5.60 Å². The number of halogens is 1. The summed E-state index contributed by atoms with van der Waals surface area (Å²) in [5.74, 6) is -2.23. The molecule has 6 heteroatoms. The number of carbonyl (C=O) groups excluding carboxylic acids is 2. The number of esters is 2. The first-order valence-corrected chi connectivity index (χ1v) is 6.93. The minimum absolute atomic E-state index is 0.148. The molecule has 1 aromatic heterocycles. The number of methoxy groups -OCH3 is 1. The molecule has 0 amide bonds. The Kier molecular flexibility index (Phi) is 5.68. The van der Waals surface area contributed by atoms with Crippen LogP contribution in [0.1, 0.15) is 26.5 Å². The third kappa shape index (κ3) is 5.28. The molecule has 20 heavy (non-hydrogen) atoms. The first-order chi connectivity index (χ1) is 9.23. The first kappa shape index (κ1) is 16.6. The monoisotopic (exact) mass is 343 g/mol. The van der Waals surface area contributed by atoms with Crippen LogP contribution in [0.5, 0.6) is 0 Å². The van der Waals surface area contributed by atoms with E-state index in [1.165, 1.54) is 7.11 Å². The molecule has 0 N–H and O–H groups in total. The van der Waals surface area contributed by atoms with Crippen LogP contribution in [0, 0.1) is 5.92 Å². The molecule has 0 saturated heterocycles. The Morgan fingerprint density at radius 1 is 1.30 bits per heavy atom. The van der Waals surface area contributed by atoms with Crippen molar-refractivity contribution in [2.75, 3.05) is 7.11 Å². The number of hydrogen-bond donors (Lipinski definition) is 0. The zero-order valence-electron chi connectivity index (χ0n) is 12.0. The van der Waals surface area contributed by atoms with Crippen molar-refractivity contribution in [1.82, 2.24) is 4.98 Å². The standard InChI is InChI=1S/C14H18BrNO4/c1-14(2,3)20-13(18)11(12(17)19-4)7-10-6-5-9(15)8-16-10/h5-6,8,11H,7H2,1-4H3/t11-/m0/s1. The van der Waals surface area contributed by atoms with E-state index in [4.69, 9.17) is 4.74 Å². The number of aromatic nitrogens is 1. The number of ether oxygens (including phenoxy) is 2. The summed E-state index contributed by atoms with van der Waals surface area (Å²) in [7, 11) is 1.24. The van der Waals surface area contributed by atoms with Crippen LogP contribution >= 0.6 is 15.9 Å². The Hall–Kier alpha value is -1.43. The molecule has 0 aliphatic carbocycles. The van der Waals surface area contributed by atoms with Gasteiger partial charge in [-0.05, 0) is 48.8 Å². The van der Waals surface area contributed by atoms with Gasteiger partial charge >= 0.3 is 11.9 Å². The maximum atomic E-state index is 12.1. The fraction of sp³-hybridized carbons (Fsp3) is 0.500. The summed E-state index contributed by atoms with van der Waals surface area (Å²) in [6.45, 7) is 5.24. The van der Waals surface area contributed by atoms with Crippen LogP contribution in [0.15, 0.2) is 22.8 Å². The van der Waals surface area contributed by atoms with Gasteiger partial charge in [0.25, 0.3) is 0 Å². The van der Waals surface area contributed by atoms with Gasteiger partial charge in [0.2, 0.25) is 0 Å². The fourth-order valence-electron chi connectivity index (χ4n) is 1.51. The van der Waals surface area contributed by atoms with Gasteiger partial charge in [-0.3, -0.25) is 14.6 Å². The fourth-order valence-corrected chi connectivity index (χ4v) is 1.75. The molecule has 0 saturated carbocycles. The summed E-state index contributed by atoms with van der Waals surface area (Å²) in [4.78, 5) is 28.0. The molecule has 0 unspecified atom stereocenters. The summed E-state index contributed by atoms with van der Waals surface area (Å²) in [6.07, 6.45) is 1.76. The van der Waals surface area contributed by atoms with Crippen molar-refractivity contribution >= 4 is 27.9 Å². The molecule has 0 radical (unpaired) electrons. The molecular formula is C14H18BrNO4. The largest absolute Gasteiger partial charge is 0.468 e. The molecule has 0 spiro atoms. The van der Waals surface area contributed by atoms with E-state index in [9.17, 15) is 9.59 Å². The minimum Gasteiger partial charge on any atom is -0.468 e. The van der Waals surface area contributed by atoms with E-state index < -0.39 is 23.5 Å². The maximum absolute atomic E-state index is 12.1. The second kappa shape index (κ2) is 6.83. The highest BCUT2D eigenvalue weighted by atomic mass is 79.9. The molecule has 0 aliphatic heterocycles. The lowest BCUT2D eigenvalue weighted by Gasteiger charge is -2.22. The summed E-state index contributed by atoms with van der Waals surface area (Å²) in [5, 5.41) is 0. The van der Waals surface area contributed by atoms with Gasteiger partial charge in [0, 0.05) is 22.8 Å². The van der Waals surface area contributed by atoms with Crippen LogP contribution < -0.4 is 0 Å². The summed E-state index contributed by atoms with van der Waals surface area (Å²) in [5.41, 5.74) is -0.0364. The number of pyridine rings is 1. The molecular weight excluding hydrogens is 326 g/mol. The van der Waals surface area contributed by atoms with Crippen LogP contribution in [0.4, 0.5) is 0 Å². The van der Waals surface area contributed by atoms with Crippen LogP contribution in [0.3, 0.4) is 0 Å². The lowest BCUT2D eigenvalue weighted by Crippen LogP contribution is -2.34. The van der Waals surface area contributed by atoms with E-state index in [-0.39, 0.29) is 6.42 Å². The van der Waals surface area contributed by atoms with Crippen molar-refractivity contribution in [3.8, 4) is 0 Å². The Balaban J connectivity index is 2.87. The molecule has 1 rings (SSSR count). The predicted molar refractivity (Wildman–Crippen MR) is 77.0 cm³/mol. The maximum Gasteiger partial charge on any atom is 0.321 e. The molecule has 0 bridgehead atoms. The quantitative estimate of drug-likeness (QED) is 0.620. The summed E-state index contributed by atoms with van der Waals surface area (Å²) in [6, 6.07) is 3.54. The normalized spacial score (nSPS) is 12.7. The van der Waals surface area contributed by atoms with E-state index >= 15 is 0 Å². The van der Waals surface area contributed by atoms with Crippen molar-refractivity contribution in [2.24, 2.45) is 5.92 Å². The van der Waals surface area contributed by atoms with E-state index in [2.05, 4.69) is 25.7 Å². The van der Waals surface area contributed by atoms with E-state index in [0.29, 0.717) is 5.69 Å². The predicted octanol–water partition coefficient (Wildman–Crippen LogP) is 2.52. The van der Waals surface area contributed by atoms with Gasteiger partial charge in [-0.15, -0.1) is 0 Å². The molecule has 110 valence electrons. The van der Waals surface area contributed by atoms with Gasteiger partial charge in [0.15, 0.2) is 5.92 Å². The average Bonchev–Trinajstić information content (AvgIpc) is 2.35. The van der Waals surface area contributed by atoms with Crippen molar-refractivity contribution in [3.63, 3.8) is 0 Å². The average molecular weight is 344 g/mol. The molecule has 0 fully saturated rings. The lowest BCUT2D eigenvalue weighted by molar-refractivity contribution is -0.168. The van der Waals surface area contributed by atoms with E-state index in [0.717, 1.165) is 4.47 Å². The molecule has 5 nitrogen and oxygen atoms in total. The number of rotatable bonds is 4. The Morgan fingerprint density at radius 3 is 2.40 bits per heavy atom. The lowest BCUT2D eigenvalue weighted by atomic mass is 10.0. The van der Waals surface area contributed by atoms with Crippen LogP contribution in [-0.2, 0) is 25.5 Å². The zero-order valence-corrected chi connectivity index (χ0v) is 13.6. The Labute approximate surface area is 126 Å². The second-order valence-electron chi connectivity index (χ2n) is 5.28. The van der Waals surface area contributed by atoms with Gasteiger partial charge in [-0.25, -0.2) is 0 Å². The smallest absolute Gasteiger partial charge is 0.321 e. The number of carbonyl (C=O) groups is 2. The van der Waals surface area contributed by atoms with Gasteiger partial charge in [-0.1, -0.05) is 0 Å². The Bertz CT molecular complexity index is 479. The SMILES string of the molecule is COC(=O)[C@H](Cc1ccc(Br)cn1)C(=O)OC(C)(C)C. The molecule has 0 aromatic carbocycles. The highest BCUT2D eigenvalue weighted by molar-refractivity contribution is 9.10. The Morgan fingerprint density at radius 2 is 1.95 bits per heavy atom. The van der Waals surface area contributed by atoms with Crippen molar-refractivity contribution in [1.29, 1.82) is 0 Å². The molecule has 1 heterocycles. The van der Waals surface area contributed by atoms with Crippen LogP contribution in [0.2, 0.25) is 0 Å². The topological polar surface area (TPSA) is 65.5 Å². The zero-order chi connectivity index (χ0) is 15.3. The van der Waals surface area contributed by atoms with E-state index in [1.54, 1.807) is 39.1 Å². The van der Waals surface area contributed by atoms with Gasteiger partial charge in [0.05, 0.1) is 7.11 Å². The van der Waals surface area contributed by atoms with Crippen molar-refractivity contribution in [3.05, 3.63) is 28.5 Å². The van der Waals surface area contributed by atoms with Crippen LogP contribution in [0.25, 0.3) is 0 Å². The van der Waals surface area contributed by atoms with Crippen molar-refractivity contribution in [2.45, 2.75) is 32.8 Å². The van der Waals surface area contributed by atoms with Crippen LogP contribution in [-0.4, -0.2) is 29.6 Å².